The van der Waals surface area contributed by atoms with Crippen LogP contribution in [0.4, 0.5) is 0 Å². The third-order valence-electron chi connectivity index (χ3n) is 6.00. The van der Waals surface area contributed by atoms with Crippen LogP contribution in [0.25, 0.3) is 11.4 Å². The molecule has 0 saturated carbocycles. The normalized spacial score (nSPS) is 21.2. The quantitative estimate of drug-likeness (QED) is 0.881. The monoisotopic (exact) mass is 354 g/mol. The maximum atomic E-state index is 13.2. The Morgan fingerprint density at radius 2 is 1.96 bits per heavy atom. The summed E-state index contributed by atoms with van der Waals surface area (Å²) in [6.07, 6.45) is 3.71. The maximum absolute atomic E-state index is 13.2. The van der Waals surface area contributed by atoms with Gasteiger partial charge in [0.15, 0.2) is 5.82 Å². The van der Waals surface area contributed by atoms with Gasteiger partial charge in [-0.15, -0.1) is 0 Å². The van der Waals surface area contributed by atoms with Crippen molar-refractivity contribution in [3.05, 3.63) is 36.2 Å². The summed E-state index contributed by atoms with van der Waals surface area (Å²) in [5, 5.41) is 6.75. The Bertz CT molecular complexity index is 766. The molecule has 26 heavy (non-hydrogen) atoms. The average Bonchev–Trinajstić information content (AvgIpc) is 3.21. The Labute approximate surface area is 154 Å². The number of likely N-dealkylation sites (tertiary alicyclic amines) is 1. The maximum Gasteiger partial charge on any atom is 0.253 e. The van der Waals surface area contributed by atoms with E-state index < -0.39 is 0 Å². The number of hydrogen-bond acceptors (Lipinski definition) is 5. The van der Waals surface area contributed by atoms with Crippen LogP contribution < -0.4 is 0 Å². The average molecular weight is 354 g/mol. The Morgan fingerprint density at radius 1 is 1.15 bits per heavy atom. The molecular weight excluding hydrogens is 328 g/mol. The lowest BCUT2D eigenvalue weighted by molar-refractivity contribution is -0.0170. The number of nitrogens with zero attached hydrogens (tertiary/aromatic N) is 5. The number of likely N-dealkylation sites (N-methyl/N-ethyl adjacent to an activating group) is 1. The number of piperazine rings is 1. The Kier molecular flexibility index (Phi) is 4.50. The fourth-order valence-electron chi connectivity index (χ4n) is 4.14. The van der Waals surface area contributed by atoms with Gasteiger partial charge >= 0.3 is 0 Å². The smallest absolute Gasteiger partial charge is 0.253 e. The van der Waals surface area contributed by atoms with Crippen LogP contribution in [0.15, 0.2) is 30.6 Å². The molecule has 1 aromatic heterocycles. The molecule has 2 aliphatic heterocycles. The van der Waals surface area contributed by atoms with E-state index in [4.69, 9.17) is 0 Å². The fourth-order valence-corrected chi connectivity index (χ4v) is 4.14. The van der Waals surface area contributed by atoms with Gasteiger partial charge in [0.25, 0.3) is 5.91 Å². The van der Waals surface area contributed by atoms with Crippen molar-refractivity contribution in [3.63, 3.8) is 0 Å². The van der Waals surface area contributed by atoms with Crippen LogP contribution in [-0.4, -0.2) is 88.1 Å². The van der Waals surface area contributed by atoms with Gasteiger partial charge in [0.1, 0.15) is 6.33 Å². The molecule has 138 valence electrons. The molecule has 2 fully saturated rings. The molecule has 1 spiro atoms. The second-order valence-corrected chi connectivity index (χ2v) is 7.59. The number of carbonyl (C=O) groups is 1. The van der Waals surface area contributed by atoms with Crippen molar-refractivity contribution in [1.29, 1.82) is 0 Å². The number of carbonyl (C=O) groups excluding carboxylic acids is 1. The summed E-state index contributed by atoms with van der Waals surface area (Å²) in [5.41, 5.74) is 1.71. The van der Waals surface area contributed by atoms with Gasteiger partial charge < -0.3 is 9.80 Å². The number of nitrogens with one attached hydrogen (secondary N) is 1. The Balaban J connectivity index is 1.54. The third kappa shape index (κ3) is 3.12. The van der Waals surface area contributed by atoms with Gasteiger partial charge in [-0.2, -0.15) is 5.10 Å². The highest BCUT2D eigenvalue weighted by atomic mass is 16.2. The lowest BCUT2D eigenvalue weighted by Crippen LogP contribution is -2.64. The van der Waals surface area contributed by atoms with E-state index in [-0.39, 0.29) is 11.4 Å². The number of benzene rings is 1. The molecule has 1 N–H and O–H groups in total. The highest BCUT2D eigenvalue weighted by Crippen LogP contribution is 2.32. The van der Waals surface area contributed by atoms with Gasteiger partial charge in [-0.05, 0) is 52.2 Å². The molecule has 3 heterocycles. The highest BCUT2D eigenvalue weighted by Gasteiger charge is 2.42. The zero-order valence-corrected chi connectivity index (χ0v) is 15.5. The minimum absolute atomic E-state index is 0.109. The zero-order chi connectivity index (χ0) is 18.1. The lowest BCUT2D eigenvalue weighted by Gasteiger charge is -2.52. The van der Waals surface area contributed by atoms with Crippen molar-refractivity contribution in [1.82, 2.24) is 29.9 Å². The van der Waals surface area contributed by atoms with Gasteiger partial charge in [-0.3, -0.25) is 14.8 Å². The van der Waals surface area contributed by atoms with E-state index in [1.165, 1.54) is 6.33 Å². The molecule has 2 aromatic rings. The Hall–Kier alpha value is -2.25. The van der Waals surface area contributed by atoms with E-state index in [2.05, 4.69) is 39.1 Å². The summed E-state index contributed by atoms with van der Waals surface area (Å²) in [6.45, 7) is 4.69. The van der Waals surface area contributed by atoms with Gasteiger partial charge in [0.05, 0.1) is 0 Å². The summed E-state index contributed by atoms with van der Waals surface area (Å²) in [5.74, 6) is 0.794. The third-order valence-corrected chi connectivity index (χ3v) is 6.00. The molecule has 1 aromatic carbocycles. The van der Waals surface area contributed by atoms with E-state index >= 15 is 0 Å². The summed E-state index contributed by atoms with van der Waals surface area (Å²) >= 11 is 0. The van der Waals surface area contributed by atoms with Crippen molar-refractivity contribution in [2.75, 3.05) is 46.8 Å². The lowest BCUT2D eigenvalue weighted by atomic mass is 9.83. The van der Waals surface area contributed by atoms with E-state index in [9.17, 15) is 4.79 Å². The van der Waals surface area contributed by atoms with E-state index in [0.717, 1.165) is 51.1 Å². The number of rotatable bonds is 2. The molecule has 7 heteroatoms. The van der Waals surface area contributed by atoms with Crippen LogP contribution in [0.2, 0.25) is 0 Å². The number of aromatic nitrogens is 3. The number of hydrogen-bond donors (Lipinski definition) is 1. The van der Waals surface area contributed by atoms with Crippen molar-refractivity contribution < 1.29 is 4.79 Å². The van der Waals surface area contributed by atoms with Gasteiger partial charge in [-0.25, -0.2) is 4.98 Å². The molecule has 2 saturated heterocycles. The van der Waals surface area contributed by atoms with Gasteiger partial charge in [0, 0.05) is 36.3 Å². The van der Waals surface area contributed by atoms with Crippen LogP contribution in [-0.2, 0) is 0 Å². The highest BCUT2D eigenvalue weighted by molar-refractivity contribution is 5.95. The Morgan fingerprint density at radius 3 is 2.69 bits per heavy atom. The first kappa shape index (κ1) is 17.2. The minimum atomic E-state index is 0.109. The number of piperidine rings is 1. The van der Waals surface area contributed by atoms with E-state index in [1.54, 1.807) is 0 Å². The van der Waals surface area contributed by atoms with E-state index in [0.29, 0.717) is 11.4 Å². The van der Waals surface area contributed by atoms with E-state index in [1.807, 2.05) is 29.2 Å². The summed E-state index contributed by atoms with van der Waals surface area (Å²) < 4.78 is 0. The van der Waals surface area contributed by atoms with Crippen LogP contribution in [0.1, 0.15) is 23.2 Å². The predicted molar refractivity (Wildman–Crippen MR) is 99.8 cm³/mol. The molecule has 4 rings (SSSR count). The molecule has 0 unspecified atom stereocenters. The zero-order valence-electron chi connectivity index (χ0n) is 15.5. The second-order valence-electron chi connectivity index (χ2n) is 7.59. The first-order chi connectivity index (χ1) is 12.6. The molecule has 0 bridgehead atoms. The molecule has 1 amide bonds. The van der Waals surface area contributed by atoms with Crippen LogP contribution in [0, 0.1) is 0 Å². The number of H-pyrrole nitrogens is 1. The summed E-state index contributed by atoms with van der Waals surface area (Å²) in [6, 6.07) is 7.65. The SMILES string of the molecule is CN1CCC2(CC1)CN(C(=O)c1cccc(-c3ncn[nH]3)c1)CCN2C. The topological polar surface area (TPSA) is 68.4 Å². The minimum Gasteiger partial charge on any atom is -0.336 e. The molecule has 2 aliphatic rings. The second kappa shape index (κ2) is 6.81. The number of aromatic amines is 1. The van der Waals surface area contributed by atoms with Gasteiger partial charge in [0.2, 0.25) is 0 Å². The van der Waals surface area contributed by atoms with Crippen LogP contribution in [0.3, 0.4) is 0 Å². The predicted octanol–water partition coefficient (Wildman–Crippen LogP) is 1.32. The number of amides is 1. The van der Waals surface area contributed by atoms with Crippen molar-refractivity contribution >= 4 is 5.91 Å². The fraction of sp³-hybridized carbons (Fsp3) is 0.526. The van der Waals surface area contributed by atoms with Crippen molar-refractivity contribution in [3.8, 4) is 11.4 Å². The molecule has 0 atom stereocenters. The standard InChI is InChI=1S/C19H26N6O/c1-23-8-6-19(7-9-23)13-25(11-10-24(19)2)18(26)16-5-3-4-15(12-16)17-20-14-21-22-17/h3-5,12,14H,6-11,13H2,1-2H3,(H,20,21,22). The van der Waals surface area contributed by atoms with Gasteiger partial charge in [-0.1, -0.05) is 12.1 Å². The summed E-state index contributed by atoms with van der Waals surface area (Å²) in [4.78, 5) is 24.2. The van der Waals surface area contributed by atoms with Crippen molar-refractivity contribution in [2.24, 2.45) is 0 Å². The molecule has 0 aliphatic carbocycles. The van der Waals surface area contributed by atoms with Crippen molar-refractivity contribution in [2.45, 2.75) is 18.4 Å². The van der Waals surface area contributed by atoms with Crippen LogP contribution in [0.5, 0.6) is 0 Å². The summed E-state index contributed by atoms with van der Waals surface area (Å²) in [7, 11) is 4.38. The largest absolute Gasteiger partial charge is 0.336 e. The molecule has 0 radical (unpaired) electrons. The first-order valence-electron chi connectivity index (χ1n) is 9.22. The van der Waals surface area contributed by atoms with Crippen LogP contribution >= 0.6 is 0 Å². The molecule has 7 nitrogen and oxygen atoms in total. The first-order valence-corrected chi connectivity index (χ1v) is 9.22. The molecular formula is C19H26N6O.